The summed E-state index contributed by atoms with van der Waals surface area (Å²) in [4.78, 5) is 1.20. The van der Waals surface area contributed by atoms with E-state index in [1.54, 1.807) is 19.1 Å². The number of nitrogens with zero attached hydrogens (tertiary/aromatic N) is 1. The number of hydrogen-bond acceptors (Lipinski definition) is 6. The zero-order valence-electron chi connectivity index (χ0n) is 11.6. The number of hydrogen-bond donors (Lipinski definition) is 2. The second-order valence-corrected chi connectivity index (χ2v) is 8.58. The molecule has 2 aromatic heterocycles. The second-order valence-electron chi connectivity index (χ2n) is 4.39. The average Bonchev–Trinajstić information content (AvgIpc) is 3.00. The summed E-state index contributed by atoms with van der Waals surface area (Å²) in [5.41, 5.74) is 0.717. The van der Waals surface area contributed by atoms with E-state index in [1.807, 2.05) is 6.92 Å². The Hall–Kier alpha value is -0.740. The number of sulfonamides is 1. The number of aryl methyl sites for hydroxylation is 1. The van der Waals surface area contributed by atoms with Crippen molar-refractivity contribution in [1.82, 2.24) is 15.2 Å². The topological polar surface area (TPSA) is 84.2 Å². The number of thiophene rings is 1. The molecule has 21 heavy (non-hydrogen) atoms. The predicted molar refractivity (Wildman–Crippen MR) is 84.7 cm³/mol. The summed E-state index contributed by atoms with van der Waals surface area (Å²) in [7, 11) is -3.59. The van der Waals surface area contributed by atoms with Crippen LogP contribution in [0.1, 0.15) is 23.3 Å². The third-order valence-corrected chi connectivity index (χ3v) is 6.31. The highest BCUT2D eigenvalue weighted by Gasteiger charge is 2.21. The third-order valence-electron chi connectivity index (χ3n) is 2.66. The minimum Gasteiger partial charge on any atom is -0.360 e. The molecule has 0 fully saturated rings. The molecule has 0 spiro atoms. The predicted octanol–water partition coefficient (Wildman–Crippen LogP) is 2.40. The molecule has 0 radical (unpaired) electrons. The molecule has 0 saturated carbocycles. The molecule has 2 heterocycles. The summed E-state index contributed by atoms with van der Waals surface area (Å²) in [6.07, 6.45) is 0. The molecule has 2 aromatic rings. The Morgan fingerprint density at radius 2 is 2.14 bits per heavy atom. The summed E-state index contributed by atoms with van der Waals surface area (Å²) in [6, 6.07) is 3.37. The fourth-order valence-electron chi connectivity index (χ4n) is 1.66. The van der Waals surface area contributed by atoms with E-state index in [-0.39, 0.29) is 11.4 Å². The lowest BCUT2D eigenvalue weighted by Crippen LogP contribution is -2.23. The molecule has 0 aliphatic heterocycles. The SMILES string of the molecule is CCNCc1cc(S(=O)(=O)NCc2cc(C)no2)c(Br)s1. The Morgan fingerprint density at radius 1 is 1.38 bits per heavy atom. The van der Waals surface area contributed by atoms with E-state index in [1.165, 1.54) is 11.3 Å². The van der Waals surface area contributed by atoms with Gasteiger partial charge in [-0.15, -0.1) is 11.3 Å². The van der Waals surface area contributed by atoms with Gasteiger partial charge in [0, 0.05) is 17.5 Å². The van der Waals surface area contributed by atoms with Gasteiger partial charge in [-0.1, -0.05) is 12.1 Å². The monoisotopic (exact) mass is 393 g/mol. The van der Waals surface area contributed by atoms with Gasteiger partial charge in [-0.05, 0) is 35.5 Å². The molecular formula is C12H16BrN3O3S2. The van der Waals surface area contributed by atoms with Crippen molar-refractivity contribution < 1.29 is 12.9 Å². The molecule has 0 aliphatic carbocycles. The first-order valence-electron chi connectivity index (χ1n) is 6.33. The standard InChI is InChI=1S/C12H16BrN3O3S2/c1-3-14-7-10-5-11(12(13)20-10)21(17,18)15-6-9-4-8(2)16-19-9/h4-5,14-15H,3,6-7H2,1-2H3. The van der Waals surface area contributed by atoms with Crippen LogP contribution in [0.5, 0.6) is 0 Å². The maximum atomic E-state index is 12.3. The highest BCUT2D eigenvalue weighted by molar-refractivity contribution is 9.11. The molecule has 0 amide bonds. The van der Waals surface area contributed by atoms with Crippen LogP contribution in [0, 0.1) is 6.92 Å². The number of nitrogens with one attached hydrogen (secondary N) is 2. The number of aromatic nitrogens is 1. The first-order chi connectivity index (χ1) is 9.92. The van der Waals surface area contributed by atoms with E-state index >= 15 is 0 Å². The molecule has 6 nitrogen and oxygen atoms in total. The van der Waals surface area contributed by atoms with Crippen LogP contribution in [-0.4, -0.2) is 20.1 Å². The minimum atomic E-state index is -3.59. The molecule has 116 valence electrons. The van der Waals surface area contributed by atoms with Crippen molar-refractivity contribution >= 4 is 37.3 Å². The second kappa shape index (κ2) is 7.01. The average molecular weight is 394 g/mol. The Bertz CT molecular complexity index is 709. The van der Waals surface area contributed by atoms with Crippen LogP contribution < -0.4 is 10.0 Å². The normalized spacial score (nSPS) is 12.0. The first kappa shape index (κ1) is 16.6. The van der Waals surface area contributed by atoms with Gasteiger partial charge in [-0.3, -0.25) is 0 Å². The van der Waals surface area contributed by atoms with Crippen molar-refractivity contribution in [1.29, 1.82) is 0 Å². The van der Waals surface area contributed by atoms with E-state index in [0.29, 0.717) is 21.8 Å². The van der Waals surface area contributed by atoms with Crippen molar-refractivity contribution in [3.05, 3.63) is 32.3 Å². The lowest BCUT2D eigenvalue weighted by Gasteiger charge is -2.03. The van der Waals surface area contributed by atoms with E-state index in [0.717, 1.165) is 11.4 Å². The Balaban J connectivity index is 2.09. The maximum absolute atomic E-state index is 12.3. The number of halogens is 1. The quantitative estimate of drug-likeness (QED) is 0.754. The molecule has 2 N–H and O–H groups in total. The largest absolute Gasteiger partial charge is 0.360 e. The van der Waals surface area contributed by atoms with Gasteiger partial charge in [0.1, 0.15) is 4.90 Å². The van der Waals surface area contributed by atoms with Gasteiger partial charge in [0.15, 0.2) is 5.76 Å². The van der Waals surface area contributed by atoms with E-state index in [4.69, 9.17) is 4.52 Å². The summed E-state index contributed by atoms with van der Waals surface area (Å²) >= 11 is 4.72. The summed E-state index contributed by atoms with van der Waals surface area (Å²) in [5, 5.41) is 6.89. The molecule has 0 unspecified atom stereocenters. The minimum absolute atomic E-state index is 0.0774. The fourth-order valence-corrected chi connectivity index (χ4v) is 5.30. The smallest absolute Gasteiger partial charge is 0.242 e. The Kier molecular flexibility index (Phi) is 5.55. The van der Waals surface area contributed by atoms with E-state index in [2.05, 4.69) is 31.1 Å². The summed E-state index contributed by atoms with van der Waals surface area (Å²) < 4.78 is 32.7. The zero-order valence-corrected chi connectivity index (χ0v) is 14.9. The van der Waals surface area contributed by atoms with Crippen LogP contribution >= 0.6 is 27.3 Å². The van der Waals surface area contributed by atoms with Crippen LogP contribution in [0.2, 0.25) is 0 Å². The molecule has 0 saturated heterocycles. The Labute approximate surface area is 136 Å². The Morgan fingerprint density at radius 3 is 2.76 bits per heavy atom. The number of rotatable bonds is 7. The zero-order chi connectivity index (χ0) is 15.5. The van der Waals surface area contributed by atoms with Crippen LogP contribution in [0.4, 0.5) is 0 Å². The molecule has 0 atom stereocenters. The van der Waals surface area contributed by atoms with Crippen molar-refractivity contribution in [2.24, 2.45) is 0 Å². The van der Waals surface area contributed by atoms with Crippen molar-refractivity contribution in [2.45, 2.75) is 31.8 Å². The molecule has 0 aromatic carbocycles. The summed E-state index contributed by atoms with van der Waals surface area (Å²) in [6.45, 7) is 5.34. The summed E-state index contributed by atoms with van der Waals surface area (Å²) in [5.74, 6) is 0.482. The van der Waals surface area contributed by atoms with Gasteiger partial charge in [0.05, 0.1) is 16.0 Å². The molecule has 0 aliphatic rings. The van der Waals surface area contributed by atoms with Gasteiger partial charge < -0.3 is 9.84 Å². The lowest BCUT2D eigenvalue weighted by atomic mass is 10.4. The third kappa shape index (κ3) is 4.36. The van der Waals surface area contributed by atoms with Crippen LogP contribution in [0.3, 0.4) is 0 Å². The van der Waals surface area contributed by atoms with Gasteiger partial charge in [-0.2, -0.15) is 0 Å². The fraction of sp³-hybridized carbons (Fsp3) is 0.417. The van der Waals surface area contributed by atoms with Gasteiger partial charge >= 0.3 is 0 Å². The highest BCUT2D eigenvalue weighted by Crippen LogP contribution is 2.31. The molecule has 2 rings (SSSR count). The van der Waals surface area contributed by atoms with Crippen LogP contribution in [0.15, 0.2) is 25.3 Å². The molecule has 9 heteroatoms. The van der Waals surface area contributed by atoms with Gasteiger partial charge in [-0.25, -0.2) is 13.1 Å². The lowest BCUT2D eigenvalue weighted by molar-refractivity contribution is 0.377. The van der Waals surface area contributed by atoms with E-state index < -0.39 is 10.0 Å². The first-order valence-corrected chi connectivity index (χ1v) is 9.42. The maximum Gasteiger partial charge on any atom is 0.242 e. The highest BCUT2D eigenvalue weighted by atomic mass is 79.9. The van der Waals surface area contributed by atoms with E-state index in [9.17, 15) is 8.42 Å². The van der Waals surface area contributed by atoms with Crippen LogP contribution in [0.25, 0.3) is 0 Å². The molecular weight excluding hydrogens is 378 g/mol. The van der Waals surface area contributed by atoms with Crippen molar-refractivity contribution in [2.75, 3.05) is 6.54 Å². The van der Waals surface area contributed by atoms with Crippen LogP contribution in [-0.2, 0) is 23.1 Å². The van der Waals surface area contributed by atoms with Crippen molar-refractivity contribution in [3.8, 4) is 0 Å². The van der Waals surface area contributed by atoms with Gasteiger partial charge in [0.25, 0.3) is 0 Å². The van der Waals surface area contributed by atoms with Gasteiger partial charge in [0.2, 0.25) is 10.0 Å². The van der Waals surface area contributed by atoms with Crippen molar-refractivity contribution in [3.63, 3.8) is 0 Å². The molecule has 0 bridgehead atoms.